The van der Waals surface area contributed by atoms with Gasteiger partial charge in [0.15, 0.2) is 5.84 Å². The fourth-order valence-corrected chi connectivity index (χ4v) is 8.18. The van der Waals surface area contributed by atoms with Gasteiger partial charge in [0.25, 0.3) is 0 Å². The van der Waals surface area contributed by atoms with Crippen molar-refractivity contribution in [2.24, 2.45) is 9.98 Å². The molecule has 0 amide bonds. The highest BCUT2D eigenvalue weighted by molar-refractivity contribution is 6.29. The van der Waals surface area contributed by atoms with Crippen molar-refractivity contribution in [2.45, 2.75) is 12.3 Å². The lowest BCUT2D eigenvalue weighted by atomic mass is 9.86. The molecule has 0 saturated heterocycles. The van der Waals surface area contributed by atoms with E-state index in [9.17, 15) is 0 Å². The number of allylic oxidation sites excluding steroid dienone is 2. The Morgan fingerprint density at radius 2 is 1.12 bits per heavy atom. The van der Waals surface area contributed by atoms with Crippen molar-refractivity contribution in [1.29, 1.82) is 0 Å². The van der Waals surface area contributed by atoms with E-state index in [4.69, 9.17) is 14.4 Å². The fourth-order valence-electron chi connectivity index (χ4n) is 8.18. The van der Waals surface area contributed by atoms with Crippen molar-refractivity contribution in [1.82, 2.24) is 0 Å². The smallest absolute Gasteiger partial charge is 0.161 e. The number of benzene rings is 8. The van der Waals surface area contributed by atoms with Gasteiger partial charge in [-0.15, -0.1) is 0 Å². The minimum atomic E-state index is 0.280. The van der Waals surface area contributed by atoms with Gasteiger partial charge < -0.3 is 4.42 Å². The summed E-state index contributed by atoms with van der Waals surface area (Å²) in [6.45, 7) is 4.53. The van der Waals surface area contributed by atoms with Crippen molar-refractivity contribution in [3.05, 3.63) is 246 Å². The quantitative estimate of drug-likeness (QED) is 0.153. The van der Waals surface area contributed by atoms with Crippen molar-refractivity contribution in [3.8, 4) is 11.1 Å². The molecule has 0 unspecified atom stereocenters. The number of hydrogen-bond donors (Lipinski definition) is 0. The minimum Gasteiger partial charge on any atom is -0.456 e. The molecular weight excluding hydrogens is 693 g/mol. The van der Waals surface area contributed by atoms with Crippen LogP contribution in [0.1, 0.15) is 39.3 Å². The number of furan rings is 1. The lowest BCUT2D eigenvalue weighted by molar-refractivity contribution is 0.669. The van der Waals surface area contributed by atoms with Crippen LogP contribution in [-0.2, 0) is 6.42 Å². The van der Waals surface area contributed by atoms with Crippen LogP contribution in [0, 0.1) is 0 Å². The molecular formula is C54H38N2O. The van der Waals surface area contributed by atoms with E-state index in [1.165, 1.54) is 16.7 Å². The van der Waals surface area contributed by atoms with E-state index in [0.717, 1.165) is 83.9 Å². The van der Waals surface area contributed by atoms with Crippen LogP contribution in [0.2, 0.25) is 0 Å². The van der Waals surface area contributed by atoms with E-state index >= 15 is 0 Å². The van der Waals surface area contributed by atoms with E-state index in [1.54, 1.807) is 0 Å². The summed E-state index contributed by atoms with van der Waals surface area (Å²) in [6.07, 6.45) is 2.97. The van der Waals surface area contributed by atoms with Crippen LogP contribution < -0.4 is 0 Å². The Morgan fingerprint density at radius 1 is 0.491 bits per heavy atom. The second-order valence-electron chi connectivity index (χ2n) is 14.6. The molecule has 10 rings (SSSR count). The Bertz CT molecular complexity index is 2980. The third kappa shape index (κ3) is 6.60. The van der Waals surface area contributed by atoms with Crippen molar-refractivity contribution >= 4 is 50.0 Å². The molecule has 270 valence electrons. The van der Waals surface area contributed by atoms with Gasteiger partial charge >= 0.3 is 0 Å². The molecule has 0 spiro atoms. The summed E-state index contributed by atoms with van der Waals surface area (Å²) in [7, 11) is 0. The maximum absolute atomic E-state index is 6.62. The van der Waals surface area contributed by atoms with Gasteiger partial charge in [-0.1, -0.05) is 183 Å². The Hall–Kier alpha value is -7.36. The summed E-state index contributed by atoms with van der Waals surface area (Å²) in [4.78, 5) is 10.6. The average Bonchev–Trinajstić information content (AvgIpc) is 3.56. The predicted octanol–water partition coefficient (Wildman–Crippen LogP) is 13.6. The molecule has 0 bridgehead atoms. The van der Waals surface area contributed by atoms with E-state index in [1.807, 2.05) is 30.3 Å². The molecule has 1 aromatic heterocycles. The summed E-state index contributed by atoms with van der Waals surface area (Å²) in [5.74, 6) is 0.895. The Kier molecular flexibility index (Phi) is 8.81. The normalized spacial score (nSPS) is 13.1. The van der Waals surface area contributed by atoms with E-state index in [-0.39, 0.29) is 5.92 Å². The highest BCUT2D eigenvalue weighted by Crippen LogP contribution is 2.37. The second kappa shape index (κ2) is 14.7. The van der Waals surface area contributed by atoms with Gasteiger partial charge in [-0.05, 0) is 74.9 Å². The zero-order valence-corrected chi connectivity index (χ0v) is 31.3. The van der Waals surface area contributed by atoms with E-state index < -0.39 is 0 Å². The summed E-state index contributed by atoms with van der Waals surface area (Å²) in [6, 6.07) is 68.2. The lowest BCUT2D eigenvalue weighted by Crippen LogP contribution is -2.08. The Labute approximate surface area is 332 Å². The van der Waals surface area contributed by atoms with E-state index in [0.29, 0.717) is 5.84 Å². The first kappa shape index (κ1) is 34.2. The number of hydrogen-bond acceptors (Lipinski definition) is 3. The molecule has 0 saturated carbocycles. The number of amidine groups is 1. The standard InChI is InChI=1S/C54H38N2O/c1-36-33-49(42-20-9-4-10-21-42)55-54(56-53(36)45-24-13-22-39-19-11-12-23-44(39)45)47-25-14-26-50-52(47)46-32-31-43(35-51(46)57-50)38-29-27-37(28-30-38)34-48(40-15-5-2-6-16-40)41-17-7-3-8-18-41/h2-33,35,48H,1,34H2. The Morgan fingerprint density at radius 3 is 1.88 bits per heavy atom. The fraction of sp³-hybridized carbons (Fsp3) is 0.0370. The third-order valence-corrected chi connectivity index (χ3v) is 11.0. The molecule has 0 atom stereocenters. The van der Waals surface area contributed by atoms with Gasteiger partial charge in [0.2, 0.25) is 0 Å². The van der Waals surface area contributed by atoms with Crippen LogP contribution in [0.4, 0.5) is 0 Å². The number of fused-ring (bicyclic) bond motifs is 4. The zero-order chi connectivity index (χ0) is 38.1. The Balaban J connectivity index is 1.04. The number of rotatable bonds is 8. The molecule has 0 aliphatic carbocycles. The highest BCUT2D eigenvalue weighted by atomic mass is 16.3. The van der Waals surface area contributed by atoms with Gasteiger partial charge in [0.1, 0.15) is 11.2 Å². The van der Waals surface area contributed by atoms with Crippen LogP contribution in [0.15, 0.2) is 227 Å². The summed E-state index contributed by atoms with van der Waals surface area (Å²) < 4.78 is 6.62. The predicted molar refractivity (Wildman–Crippen MR) is 238 cm³/mol. The zero-order valence-electron chi connectivity index (χ0n) is 31.3. The number of aliphatic imine (C=N–C) groups is 2. The van der Waals surface area contributed by atoms with Crippen molar-refractivity contribution < 1.29 is 4.42 Å². The van der Waals surface area contributed by atoms with Gasteiger partial charge in [-0.2, -0.15) is 0 Å². The van der Waals surface area contributed by atoms with Crippen LogP contribution >= 0.6 is 0 Å². The molecule has 0 fully saturated rings. The molecule has 3 heteroatoms. The van der Waals surface area contributed by atoms with Gasteiger partial charge in [0, 0.05) is 33.4 Å². The summed E-state index contributed by atoms with van der Waals surface area (Å²) >= 11 is 0. The molecule has 2 heterocycles. The molecule has 1 aliphatic rings. The van der Waals surface area contributed by atoms with Crippen LogP contribution in [0.25, 0.3) is 49.5 Å². The first-order valence-electron chi connectivity index (χ1n) is 19.4. The summed E-state index contributed by atoms with van der Waals surface area (Å²) in [5.41, 5.74) is 13.1. The molecule has 9 aromatic rings. The molecule has 0 N–H and O–H groups in total. The molecule has 3 nitrogen and oxygen atoms in total. The molecule has 0 radical (unpaired) electrons. The SMILES string of the molecule is C=C1C=C(c2ccccc2)N=C(c2cccc3oc4cc(-c5ccc(CC(c6ccccc6)c6ccccc6)cc5)ccc4c23)N=C1c1cccc2ccccc12. The van der Waals surface area contributed by atoms with Crippen LogP contribution in [0.3, 0.4) is 0 Å². The highest BCUT2D eigenvalue weighted by Gasteiger charge is 2.22. The van der Waals surface area contributed by atoms with E-state index in [2.05, 4.69) is 176 Å². The largest absolute Gasteiger partial charge is 0.456 e. The molecule has 57 heavy (non-hydrogen) atoms. The topological polar surface area (TPSA) is 37.9 Å². The third-order valence-electron chi connectivity index (χ3n) is 11.0. The maximum atomic E-state index is 6.62. The number of nitrogens with zero attached hydrogens (tertiary/aromatic N) is 2. The van der Waals surface area contributed by atoms with Crippen molar-refractivity contribution in [3.63, 3.8) is 0 Å². The second-order valence-corrected chi connectivity index (χ2v) is 14.6. The molecule has 8 aromatic carbocycles. The van der Waals surface area contributed by atoms with Crippen LogP contribution in [0.5, 0.6) is 0 Å². The summed E-state index contributed by atoms with van der Waals surface area (Å²) in [5, 5.41) is 4.28. The van der Waals surface area contributed by atoms with Gasteiger partial charge in [-0.3, -0.25) is 0 Å². The van der Waals surface area contributed by atoms with Gasteiger partial charge in [0.05, 0.1) is 11.4 Å². The van der Waals surface area contributed by atoms with Crippen molar-refractivity contribution in [2.75, 3.05) is 0 Å². The minimum absolute atomic E-state index is 0.280. The first-order chi connectivity index (χ1) is 28.2. The molecule has 1 aliphatic heterocycles. The lowest BCUT2D eigenvalue weighted by Gasteiger charge is -2.18. The monoisotopic (exact) mass is 730 g/mol. The maximum Gasteiger partial charge on any atom is 0.161 e. The average molecular weight is 731 g/mol. The van der Waals surface area contributed by atoms with Gasteiger partial charge in [-0.25, -0.2) is 9.98 Å². The first-order valence-corrected chi connectivity index (χ1v) is 19.4. The van der Waals surface area contributed by atoms with Crippen LogP contribution in [-0.4, -0.2) is 11.5 Å².